The molecule has 3 rings (SSSR count). The summed E-state index contributed by atoms with van der Waals surface area (Å²) in [5.41, 5.74) is 2.52. The highest BCUT2D eigenvalue weighted by Gasteiger charge is 2.29. The van der Waals surface area contributed by atoms with Crippen molar-refractivity contribution in [2.45, 2.75) is 12.6 Å². The Balaban J connectivity index is 1.53. The summed E-state index contributed by atoms with van der Waals surface area (Å²) in [6, 6.07) is 14.5. The first kappa shape index (κ1) is 22.6. The van der Waals surface area contributed by atoms with E-state index in [1.807, 2.05) is 43.3 Å². The molecule has 31 heavy (non-hydrogen) atoms. The van der Waals surface area contributed by atoms with Gasteiger partial charge in [-0.25, -0.2) is 4.79 Å². The molecule has 9 heteroatoms. The summed E-state index contributed by atoms with van der Waals surface area (Å²) in [4.78, 5) is 39.1. The zero-order valence-corrected chi connectivity index (χ0v) is 18.6. The smallest absolute Gasteiger partial charge is 0.319 e. The molecule has 0 spiro atoms. The Morgan fingerprint density at radius 1 is 1.13 bits per heavy atom. The van der Waals surface area contributed by atoms with Crippen LogP contribution in [0.15, 0.2) is 48.5 Å². The van der Waals surface area contributed by atoms with Crippen LogP contribution in [0.25, 0.3) is 0 Å². The maximum Gasteiger partial charge on any atom is 0.319 e. The summed E-state index contributed by atoms with van der Waals surface area (Å²) in [6.45, 7) is 0.670. The van der Waals surface area contributed by atoms with E-state index < -0.39 is 0 Å². The second-order valence-corrected chi connectivity index (χ2v) is 8.25. The number of carbonyl (C=O) groups is 3. The monoisotopic (exact) mass is 442 g/mol. The van der Waals surface area contributed by atoms with Crippen molar-refractivity contribution < 1.29 is 19.1 Å². The van der Waals surface area contributed by atoms with Crippen molar-refractivity contribution in [3.05, 3.63) is 59.7 Å². The number of anilines is 1. The van der Waals surface area contributed by atoms with Gasteiger partial charge in [-0.15, -0.1) is 0 Å². The van der Waals surface area contributed by atoms with Gasteiger partial charge in [0, 0.05) is 12.2 Å². The van der Waals surface area contributed by atoms with Gasteiger partial charge in [0.05, 0.1) is 25.4 Å². The molecule has 8 nitrogen and oxygen atoms in total. The van der Waals surface area contributed by atoms with Crippen LogP contribution in [0, 0.1) is 0 Å². The van der Waals surface area contributed by atoms with Crippen molar-refractivity contribution in [2.75, 3.05) is 38.8 Å². The third kappa shape index (κ3) is 5.99. The minimum Gasteiger partial charge on any atom is -0.497 e. The lowest BCUT2D eigenvalue weighted by molar-refractivity contribution is -0.125. The second kappa shape index (κ2) is 10.3. The van der Waals surface area contributed by atoms with E-state index in [0.717, 1.165) is 28.6 Å². The van der Waals surface area contributed by atoms with Crippen LogP contribution < -0.4 is 15.4 Å². The molecule has 2 N–H and O–H groups in total. The number of rotatable bonds is 8. The van der Waals surface area contributed by atoms with Gasteiger partial charge in [0.1, 0.15) is 5.75 Å². The first-order valence-electron chi connectivity index (χ1n) is 9.78. The van der Waals surface area contributed by atoms with Gasteiger partial charge in [-0.3, -0.25) is 14.5 Å². The van der Waals surface area contributed by atoms with Gasteiger partial charge in [0.25, 0.3) is 5.24 Å². The van der Waals surface area contributed by atoms with E-state index in [1.54, 1.807) is 31.4 Å². The molecule has 1 saturated heterocycles. The van der Waals surface area contributed by atoms with Crippen LogP contribution in [0.1, 0.15) is 17.2 Å². The van der Waals surface area contributed by atoms with Gasteiger partial charge in [0.15, 0.2) is 0 Å². The molecule has 1 heterocycles. The number of nitrogens with one attached hydrogen (secondary N) is 2. The molecule has 4 amide bonds. The summed E-state index contributed by atoms with van der Waals surface area (Å²) >= 11 is 1.02. The third-order valence-corrected chi connectivity index (χ3v) is 5.83. The van der Waals surface area contributed by atoms with E-state index in [2.05, 4.69) is 10.6 Å². The Kier molecular flexibility index (Phi) is 7.54. The number of hydrogen-bond acceptors (Lipinski definition) is 6. The number of methoxy groups -OCH3 is 1. The molecule has 1 unspecified atom stereocenters. The normalized spacial score (nSPS) is 14.6. The van der Waals surface area contributed by atoms with Gasteiger partial charge in [-0.05, 0) is 49.5 Å². The SMILES string of the molecule is COc1ccc(C(CNC(=O)Nc2ccc(CN3C(=O)CSC3=O)cc2)N(C)C)cc1. The number of urea groups is 1. The van der Waals surface area contributed by atoms with Crippen molar-refractivity contribution >= 4 is 34.6 Å². The molecule has 1 aliphatic heterocycles. The van der Waals surface area contributed by atoms with Crippen molar-refractivity contribution in [1.82, 2.24) is 15.1 Å². The van der Waals surface area contributed by atoms with Crippen LogP contribution in [0.4, 0.5) is 15.3 Å². The Morgan fingerprint density at radius 3 is 2.35 bits per heavy atom. The fourth-order valence-corrected chi connectivity index (χ4v) is 3.92. The molecule has 164 valence electrons. The highest BCUT2D eigenvalue weighted by molar-refractivity contribution is 8.14. The molecule has 1 atom stereocenters. The molecule has 0 aliphatic carbocycles. The first-order chi connectivity index (χ1) is 14.9. The van der Waals surface area contributed by atoms with E-state index >= 15 is 0 Å². The van der Waals surface area contributed by atoms with E-state index in [1.165, 1.54) is 4.90 Å². The fraction of sp³-hybridized carbons (Fsp3) is 0.318. The van der Waals surface area contributed by atoms with E-state index in [0.29, 0.717) is 12.2 Å². The van der Waals surface area contributed by atoms with Gasteiger partial charge in [-0.2, -0.15) is 0 Å². The lowest BCUT2D eigenvalue weighted by Crippen LogP contribution is -2.36. The van der Waals surface area contributed by atoms with Crippen LogP contribution in [0.3, 0.4) is 0 Å². The van der Waals surface area contributed by atoms with Crippen LogP contribution >= 0.6 is 11.8 Å². The fourth-order valence-electron chi connectivity index (χ4n) is 3.20. The number of ether oxygens (including phenoxy) is 1. The average Bonchev–Trinajstić information content (AvgIpc) is 3.07. The van der Waals surface area contributed by atoms with Crippen molar-refractivity contribution in [2.24, 2.45) is 0 Å². The lowest BCUT2D eigenvalue weighted by atomic mass is 10.1. The standard InChI is InChI=1S/C22H26N4O4S/c1-25(2)19(16-6-10-18(30-3)11-7-16)12-23-21(28)24-17-8-4-15(5-9-17)13-26-20(27)14-31-22(26)29/h4-11,19H,12-14H2,1-3H3,(H2,23,24,28). The van der Waals surface area contributed by atoms with Crippen LogP contribution in [-0.2, 0) is 11.3 Å². The van der Waals surface area contributed by atoms with Crippen molar-refractivity contribution in [3.63, 3.8) is 0 Å². The molecular weight excluding hydrogens is 416 g/mol. The topological polar surface area (TPSA) is 91.0 Å². The summed E-state index contributed by atoms with van der Waals surface area (Å²) in [6.07, 6.45) is 0. The zero-order chi connectivity index (χ0) is 22.4. The second-order valence-electron chi connectivity index (χ2n) is 7.32. The number of thioether (sulfide) groups is 1. The summed E-state index contributed by atoms with van der Waals surface area (Å²) in [7, 11) is 5.55. The molecule has 1 aliphatic rings. The maximum absolute atomic E-state index is 12.4. The summed E-state index contributed by atoms with van der Waals surface area (Å²) < 4.78 is 5.20. The van der Waals surface area contributed by atoms with Crippen LogP contribution in [0.2, 0.25) is 0 Å². The number of hydrogen-bond donors (Lipinski definition) is 2. The molecular formula is C22H26N4O4S. The van der Waals surface area contributed by atoms with Gasteiger partial charge in [-0.1, -0.05) is 36.0 Å². The number of carbonyl (C=O) groups excluding carboxylic acids is 3. The Morgan fingerprint density at radius 2 is 1.81 bits per heavy atom. The van der Waals surface area contributed by atoms with Gasteiger partial charge < -0.3 is 20.3 Å². The maximum atomic E-state index is 12.4. The van der Waals surface area contributed by atoms with Crippen molar-refractivity contribution in [3.8, 4) is 5.75 Å². The molecule has 2 aromatic carbocycles. The zero-order valence-electron chi connectivity index (χ0n) is 17.8. The quantitative estimate of drug-likeness (QED) is 0.652. The Bertz CT molecular complexity index is 916. The number of amides is 4. The minimum atomic E-state index is -0.311. The van der Waals surface area contributed by atoms with Crippen LogP contribution in [-0.4, -0.2) is 60.5 Å². The van der Waals surface area contributed by atoms with Gasteiger partial charge >= 0.3 is 6.03 Å². The highest BCUT2D eigenvalue weighted by atomic mass is 32.2. The highest BCUT2D eigenvalue weighted by Crippen LogP contribution is 2.22. The Hall–Kier alpha value is -3.04. The molecule has 1 fully saturated rings. The summed E-state index contributed by atoms with van der Waals surface area (Å²) in [5.74, 6) is 0.805. The first-order valence-corrected chi connectivity index (χ1v) is 10.8. The van der Waals surface area contributed by atoms with Crippen molar-refractivity contribution in [1.29, 1.82) is 0 Å². The summed E-state index contributed by atoms with van der Waals surface area (Å²) in [5, 5.41) is 5.48. The molecule has 0 radical (unpaired) electrons. The number of benzene rings is 2. The van der Waals surface area contributed by atoms with Crippen LogP contribution in [0.5, 0.6) is 5.75 Å². The minimum absolute atomic E-state index is 0.00689. The van der Waals surface area contributed by atoms with Gasteiger partial charge in [0.2, 0.25) is 5.91 Å². The molecule has 0 aromatic heterocycles. The predicted molar refractivity (Wildman–Crippen MR) is 121 cm³/mol. The number of imide groups is 1. The third-order valence-electron chi connectivity index (χ3n) is 4.97. The predicted octanol–water partition coefficient (Wildman–Crippen LogP) is 3.32. The largest absolute Gasteiger partial charge is 0.497 e. The number of likely N-dealkylation sites (N-methyl/N-ethyl adjacent to an activating group) is 1. The lowest BCUT2D eigenvalue weighted by Gasteiger charge is -2.25. The Labute approximate surface area is 185 Å². The van der Waals surface area contributed by atoms with E-state index in [4.69, 9.17) is 4.74 Å². The molecule has 0 saturated carbocycles. The molecule has 0 bridgehead atoms. The van der Waals surface area contributed by atoms with E-state index in [9.17, 15) is 14.4 Å². The van der Waals surface area contributed by atoms with E-state index in [-0.39, 0.29) is 35.5 Å². The molecule has 2 aromatic rings. The average molecular weight is 443 g/mol. The number of nitrogens with zero attached hydrogens (tertiary/aromatic N) is 2.